The first kappa shape index (κ1) is 16.0. The molecule has 1 aromatic carbocycles. The molecule has 1 aliphatic carbocycles. The van der Waals surface area contributed by atoms with Crippen LogP contribution in [0.1, 0.15) is 24.8 Å². The highest BCUT2D eigenvalue weighted by Gasteiger charge is 2.28. The van der Waals surface area contributed by atoms with Crippen molar-refractivity contribution in [2.45, 2.75) is 30.7 Å². The molecule has 4 nitrogen and oxygen atoms in total. The zero-order chi connectivity index (χ0) is 14.9. The Morgan fingerprint density at radius 2 is 1.95 bits per heavy atom. The first-order chi connectivity index (χ1) is 9.36. The lowest BCUT2D eigenvalue weighted by atomic mass is 9.86. The van der Waals surface area contributed by atoms with Crippen molar-refractivity contribution in [3.05, 3.63) is 27.7 Å². The summed E-state index contributed by atoms with van der Waals surface area (Å²) >= 11 is 12.0. The summed E-state index contributed by atoms with van der Waals surface area (Å²) in [6, 6.07) is 2.91. The van der Waals surface area contributed by atoms with Gasteiger partial charge in [-0.1, -0.05) is 29.6 Å². The maximum Gasteiger partial charge on any atom is 0.244 e. The van der Waals surface area contributed by atoms with E-state index in [0.717, 1.165) is 12.8 Å². The van der Waals surface area contributed by atoms with E-state index in [-0.39, 0.29) is 16.5 Å². The van der Waals surface area contributed by atoms with Gasteiger partial charge in [0.05, 0.1) is 5.02 Å². The van der Waals surface area contributed by atoms with Crippen molar-refractivity contribution in [1.82, 2.24) is 4.31 Å². The van der Waals surface area contributed by atoms with Crippen molar-refractivity contribution in [2.24, 2.45) is 11.7 Å². The van der Waals surface area contributed by atoms with E-state index in [9.17, 15) is 8.42 Å². The van der Waals surface area contributed by atoms with Crippen LogP contribution in [0.4, 0.5) is 0 Å². The maximum atomic E-state index is 12.6. The third kappa shape index (κ3) is 3.12. The molecule has 1 aromatic rings. The Bertz CT molecular complexity index is 601. The molecule has 112 valence electrons. The number of halogens is 2. The van der Waals surface area contributed by atoms with Gasteiger partial charge in [-0.2, -0.15) is 0 Å². The van der Waals surface area contributed by atoms with Crippen LogP contribution in [0.5, 0.6) is 0 Å². The van der Waals surface area contributed by atoms with Crippen molar-refractivity contribution in [3.8, 4) is 0 Å². The van der Waals surface area contributed by atoms with E-state index in [2.05, 4.69) is 0 Å². The van der Waals surface area contributed by atoms with Gasteiger partial charge in [0.15, 0.2) is 0 Å². The van der Waals surface area contributed by atoms with Gasteiger partial charge in [0.25, 0.3) is 0 Å². The highest BCUT2D eigenvalue weighted by molar-refractivity contribution is 7.89. The fraction of sp³-hybridized carbons (Fsp3) is 0.538. The van der Waals surface area contributed by atoms with Gasteiger partial charge in [0.1, 0.15) is 4.90 Å². The van der Waals surface area contributed by atoms with E-state index in [1.165, 1.54) is 22.9 Å². The fourth-order valence-electron chi connectivity index (χ4n) is 2.23. The summed E-state index contributed by atoms with van der Waals surface area (Å²) in [4.78, 5) is 0.0749. The fourth-order valence-corrected chi connectivity index (χ4v) is 4.32. The predicted octanol–water partition coefficient (Wildman–Crippen LogP) is 2.87. The summed E-state index contributed by atoms with van der Waals surface area (Å²) < 4.78 is 26.5. The molecule has 1 saturated carbocycles. The average molecular weight is 337 g/mol. The number of benzene rings is 1. The van der Waals surface area contributed by atoms with E-state index in [1.807, 2.05) is 0 Å². The Kier molecular flexibility index (Phi) is 4.97. The van der Waals surface area contributed by atoms with Crippen molar-refractivity contribution < 1.29 is 8.42 Å². The molecule has 7 heteroatoms. The van der Waals surface area contributed by atoms with E-state index in [1.54, 1.807) is 7.05 Å². The van der Waals surface area contributed by atoms with Crippen LogP contribution in [0.15, 0.2) is 17.0 Å². The Morgan fingerprint density at radius 3 is 2.45 bits per heavy atom. The summed E-state index contributed by atoms with van der Waals surface area (Å²) in [5.74, 6) is 0.454. The summed E-state index contributed by atoms with van der Waals surface area (Å²) in [6.45, 7) is 0.699. The Labute approximate surface area is 129 Å². The second kappa shape index (κ2) is 6.20. The van der Waals surface area contributed by atoms with Gasteiger partial charge >= 0.3 is 0 Å². The number of sulfonamides is 1. The molecule has 0 saturated heterocycles. The molecule has 2 N–H and O–H groups in total. The van der Waals surface area contributed by atoms with Crippen LogP contribution < -0.4 is 5.73 Å². The van der Waals surface area contributed by atoms with Crippen molar-refractivity contribution in [2.75, 3.05) is 13.6 Å². The molecule has 0 aromatic heterocycles. The highest BCUT2D eigenvalue weighted by Crippen LogP contribution is 2.32. The van der Waals surface area contributed by atoms with Gasteiger partial charge in [-0.25, -0.2) is 12.7 Å². The van der Waals surface area contributed by atoms with E-state index in [0.29, 0.717) is 23.0 Å². The standard InChI is InChI=1S/C13H18Cl2N2O2S/c1-17(8-9-3-2-4-9)20(18,19)13-5-10(7-16)11(14)6-12(13)15/h5-6,9H,2-4,7-8,16H2,1H3. The number of nitrogens with two attached hydrogens (primary N) is 1. The van der Waals surface area contributed by atoms with Gasteiger partial charge in [-0.15, -0.1) is 0 Å². The van der Waals surface area contributed by atoms with E-state index in [4.69, 9.17) is 28.9 Å². The highest BCUT2D eigenvalue weighted by atomic mass is 35.5. The smallest absolute Gasteiger partial charge is 0.244 e. The van der Waals surface area contributed by atoms with Crippen LogP contribution in [0.3, 0.4) is 0 Å². The molecule has 0 amide bonds. The van der Waals surface area contributed by atoms with Crippen molar-refractivity contribution >= 4 is 33.2 Å². The minimum Gasteiger partial charge on any atom is -0.326 e. The number of hydrogen-bond acceptors (Lipinski definition) is 3. The monoisotopic (exact) mass is 336 g/mol. The Balaban J connectivity index is 2.32. The van der Waals surface area contributed by atoms with Crippen LogP contribution in [0.2, 0.25) is 10.0 Å². The quantitative estimate of drug-likeness (QED) is 0.899. The normalized spacial score (nSPS) is 16.4. The molecule has 0 bridgehead atoms. The summed E-state index contributed by atoms with van der Waals surface area (Å²) in [6.07, 6.45) is 3.35. The number of rotatable bonds is 5. The molecular formula is C13H18Cl2N2O2S. The van der Waals surface area contributed by atoms with Crippen LogP contribution in [0, 0.1) is 5.92 Å². The molecule has 0 spiro atoms. The Morgan fingerprint density at radius 1 is 1.30 bits per heavy atom. The van der Waals surface area contributed by atoms with Crippen LogP contribution in [0.25, 0.3) is 0 Å². The second-order valence-corrected chi connectivity index (χ2v) is 7.99. The molecule has 0 heterocycles. The van der Waals surface area contributed by atoms with Crippen LogP contribution >= 0.6 is 23.2 Å². The summed E-state index contributed by atoms with van der Waals surface area (Å²) in [7, 11) is -2.02. The lowest BCUT2D eigenvalue weighted by molar-refractivity contribution is 0.263. The number of nitrogens with zero attached hydrogens (tertiary/aromatic N) is 1. The summed E-state index contributed by atoms with van der Waals surface area (Å²) in [5.41, 5.74) is 6.14. The maximum absolute atomic E-state index is 12.6. The van der Waals surface area contributed by atoms with Crippen molar-refractivity contribution in [1.29, 1.82) is 0 Å². The third-order valence-electron chi connectivity index (χ3n) is 3.75. The summed E-state index contributed by atoms with van der Waals surface area (Å²) in [5, 5.41) is 0.519. The van der Waals surface area contributed by atoms with Crippen LogP contribution in [-0.2, 0) is 16.6 Å². The molecule has 0 aliphatic heterocycles. The molecule has 0 radical (unpaired) electrons. The van der Waals surface area contributed by atoms with Gasteiger partial charge in [0, 0.05) is 25.2 Å². The SMILES string of the molecule is CN(CC1CCC1)S(=O)(=O)c1cc(CN)c(Cl)cc1Cl. The Hall–Kier alpha value is -0.330. The van der Waals surface area contributed by atoms with Crippen molar-refractivity contribution in [3.63, 3.8) is 0 Å². The van der Waals surface area contributed by atoms with Gasteiger partial charge < -0.3 is 5.73 Å². The topological polar surface area (TPSA) is 63.4 Å². The third-order valence-corrected chi connectivity index (χ3v) is 6.39. The van der Waals surface area contributed by atoms with Gasteiger partial charge in [-0.3, -0.25) is 0 Å². The molecule has 20 heavy (non-hydrogen) atoms. The molecule has 1 aliphatic rings. The van der Waals surface area contributed by atoms with Gasteiger partial charge in [-0.05, 0) is 36.5 Å². The molecule has 0 atom stereocenters. The second-order valence-electron chi connectivity index (χ2n) is 5.16. The minimum atomic E-state index is -3.60. The van der Waals surface area contributed by atoms with Crippen LogP contribution in [-0.4, -0.2) is 26.3 Å². The number of hydrogen-bond donors (Lipinski definition) is 1. The minimum absolute atomic E-state index is 0.0749. The van der Waals surface area contributed by atoms with Gasteiger partial charge in [0.2, 0.25) is 10.0 Å². The largest absolute Gasteiger partial charge is 0.326 e. The molecule has 0 unspecified atom stereocenters. The first-order valence-electron chi connectivity index (χ1n) is 6.50. The lowest BCUT2D eigenvalue weighted by Gasteiger charge is -2.29. The van der Waals surface area contributed by atoms with E-state index < -0.39 is 10.0 Å². The average Bonchev–Trinajstić information content (AvgIpc) is 2.33. The predicted molar refractivity (Wildman–Crippen MR) is 81.5 cm³/mol. The zero-order valence-electron chi connectivity index (χ0n) is 11.3. The molecule has 2 rings (SSSR count). The zero-order valence-corrected chi connectivity index (χ0v) is 13.6. The molecule has 1 fully saturated rings. The first-order valence-corrected chi connectivity index (χ1v) is 8.70. The lowest BCUT2D eigenvalue weighted by Crippen LogP contribution is -2.34. The van der Waals surface area contributed by atoms with E-state index >= 15 is 0 Å². The molecular weight excluding hydrogens is 319 g/mol.